The third-order valence-corrected chi connectivity index (χ3v) is 4.64. The van der Waals surface area contributed by atoms with E-state index < -0.39 is 0 Å². The summed E-state index contributed by atoms with van der Waals surface area (Å²) < 4.78 is 11.8. The number of benzene rings is 2. The fraction of sp³-hybridized carbons (Fsp3) is 0.190. The molecule has 0 unspecified atom stereocenters. The van der Waals surface area contributed by atoms with Crippen molar-refractivity contribution < 1.29 is 9.47 Å². The lowest BCUT2D eigenvalue weighted by Crippen LogP contribution is -2.20. The summed E-state index contributed by atoms with van der Waals surface area (Å²) in [6.45, 7) is 3.78. The first kappa shape index (κ1) is 17.8. The first-order chi connectivity index (χ1) is 13.5. The number of aromatic nitrogens is 3. The normalized spacial score (nSPS) is 11.6. The molecule has 142 valence electrons. The van der Waals surface area contributed by atoms with Gasteiger partial charge in [0.15, 0.2) is 11.5 Å². The average Bonchev–Trinajstić information content (AvgIpc) is 3.05. The van der Waals surface area contributed by atoms with Crippen molar-refractivity contribution in [2.45, 2.75) is 13.8 Å². The van der Waals surface area contributed by atoms with Gasteiger partial charge >= 0.3 is 0 Å². The summed E-state index contributed by atoms with van der Waals surface area (Å²) in [4.78, 5) is 20.8. The van der Waals surface area contributed by atoms with Gasteiger partial charge in [0, 0.05) is 10.9 Å². The van der Waals surface area contributed by atoms with Gasteiger partial charge in [-0.25, -0.2) is 4.98 Å². The van der Waals surface area contributed by atoms with E-state index in [0.29, 0.717) is 28.4 Å². The van der Waals surface area contributed by atoms with Crippen molar-refractivity contribution in [2.75, 3.05) is 14.2 Å². The van der Waals surface area contributed by atoms with E-state index in [9.17, 15) is 4.79 Å². The zero-order valence-corrected chi connectivity index (χ0v) is 16.1. The van der Waals surface area contributed by atoms with Crippen LogP contribution in [0, 0.1) is 13.8 Å². The van der Waals surface area contributed by atoms with Crippen LogP contribution in [-0.2, 0) is 0 Å². The molecule has 0 fully saturated rings. The van der Waals surface area contributed by atoms with E-state index in [-0.39, 0.29) is 5.56 Å². The van der Waals surface area contributed by atoms with Gasteiger partial charge in [0.05, 0.1) is 20.4 Å². The van der Waals surface area contributed by atoms with Crippen LogP contribution in [0.4, 0.5) is 0 Å². The van der Waals surface area contributed by atoms with Crippen molar-refractivity contribution in [3.63, 3.8) is 0 Å². The van der Waals surface area contributed by atoms with Crippen molar-refractivity contribution in [1.82, 2.24) is 14.6 Å². The fourth-order valence-corrected chi connectivity index (χ4v) is 3.22. The van der Waals surface area contributed by atoms with Crippen LogP contribution in [0.25, 0.3) is 21.9 Å². The third kappa shape index (κ3) is 2.90. The van der Waals surface area contributed by atoms with Gasteiger partial charge in [-0.15, -0.1) is 0 Å². The van der Waals surface area contributed by atoms with Crippen LogP contribution in [0.15, 0.2) is 46.3 Å². The molecule has 7 heteroatoms. The number of aromatic amines is 1. The standard InChI is InChI=1S/C21H20N4O3/c1-12-5-7-16-15(9-12)19-20(24-16)21(26)25(13(2)23-19)22-11-14-6-8-17(27-3)18(10-14)28-4/h5-11,24H,1-4H3/b22-11+. The predicted octanol–water partition coefficient (Wildman–Crippen LogP) is 3.39. The van der Waals surface area contributed by atoms with Crippen molar-refractivity contribution in [3.05, 3.63) is 63.7 Å². The highest BCUT2D eigenvalue weighted by atomic mass is 16.5. The van der Waals surface area contributed by atoms with Crippen LogP contribution < -0.4 is 15.0 Å². The van der Waals surface area contributed by atoms with Crippen LogP contribution >= 0.6 is 0 Å². The Hall–Kier alpha value is -3.61. The highest BCUT2D eigenvalue weighted by Gasteiger charge is 2.13. The molecule has 28 heavy (non-hydrogen) atoms. The van der Waals surface area contributed by atoms with E-state index in [1.807, 2.05) is 31.2 Å². The highest BCUT2D eigenvalue weighted by Crippen LogP contribution is 2.27. The molecule has 1 N–H and O–H groups in total. The van der Waals surface area contributed by atoms with Crippen molar-refractivity contribution >= 4 is 28.2 Å². The van der Waals surface area contributed by atoms with Crippen LogP contribution in [-0.4, -0.2) is 35.1 Å². The summed E-state index contributed by atoms with van der Waals surface area (Å²) in [6.07, 6.45) is 1.59. The second kappa shape index (κ2) is 6.84. The lowest BCUT2D eigenvalue weighted by molar-refractivity contribution is 0.355. The van der Waals surface area contributed by atoms with Crippen LogP contribution in [0.5, 0.6) is 11.5 Å². The van der Waals surface area contributed by atoms with Crippen molar-refractivity contribution in [1.29, 1.82) is 0 Å². The summed E-state index contributed by atoms with van der Waals surface area (Å²) >= 11 is 0. The number of nitrogens with zero attached hydrogens (tertiary/aromatic N) is 3. The van der Waals surface area contributed by atoms with Gasteiger partial charge in [0.1, 0.15) is 16.9 Å². The second-order valence-corrected chi connectivity index (χ2v) is 6.53. The molecule has 4 aromatic rings. The average molecular weight is 376 g/mol. The fourth-order valence-electron chi connectivity index (χ4n) is 3.22. The maximum atomic E-state index is 13.0. The van der Waals surface area contributed by atoms with Gasteiger partial charge in [-0.05, 0) is 49.7 Å². The highest BCUT2D eigenvalue weighted by molar-refractivity contribution is 6.04. The smallest absolute Gasteiger partial charge is 0.298 e. The lowest BCUT2D eigenvalue weighted by Gasteiger charge is -2.07. The van der Waals surface area contributed by atoms with E-state index in [4.69, 9.17) is 9.47 Å². The zero-order valence-electron chi connectivity index (χ0n) is 16.1. The van der Waals surface area contributed by atoms with Gasteiger partial charge in [-0.1, -0.05) is 11.6 Å². The minimum Gasteiger partial charge on any atom is -0.493 e. The molecule has 0 atom stereocenters. The molecular weight excluding hydrogens is 356 g/mol. The molecular formula is C21H20N4O3. The van der Waals surface area contributed by atoms with Gasteiger partial charge in [-0.2, -0.15) is 9.78 Å². The molecule has 0 bridgehead atoms. The molecule has 7 nitrogen and oxygen atoms in total. The number of hydrogen-bond donors (Lipinski definition) is 1. The number of rotatable bonds is 4. The molecule has 0 aliphatic rings. The number of methoxy groups -OCH3 is 2. The van der Waals surface area contributed by atoms with E-state index >= 15 is 0 Å². The third-order valence-electron chi connectivity index (χ3n) is 4.64. The number of hydrogen-bond acceptors (Lipinski definition) is 5. The van der Waals surface area contributed by atoms with E-state index in [2.05, 4.69) is 15.1 Å². The molecule has 2 heterocycles. The summed E-state index contributed by atoms with van der Waals surface area (Å²) in [5.74, 6) is 1.73. The SMILES string of the molecule is COc1ccc(/C=N/n2c(C)nc3c([nH]c4ccc(C)cc43)c2=O)cc1OC. The van der Waals surface area contributed by atoms with Crippen LogP contribution in [0.2, 0.25) is 0 Å². The molecule has 2 aromatic carbocycles. The van der Waals surface area contributed by atoms with Crippen LogP contribution in [0.1, 0.15) is 17.0 Å². The summed E-state index contributed by atoms with van der Waals surface area (Å²) in [5.41, 5.74) is 3.63. The minimum absolute atomic E-state index is 0.243. The Kier molecular flexibility index (Phi) is 4.35. The number of nitrogens with one attached hydrogen (secondary N) is 1. The van der Waals surface area contributed by atoms with E-state index in [1.165, 1.54) is 4.68 Å². The molecule has 0 amide bonds. The molecule has 2 aromatic heterocycles. The Labute approximate surface area is 161 Å². The number of H-pyrrole nitrogens is 1. The molecule has 4 rings (SSSR count). The maximum Gasteiger partial charge on any atom is 0.298 e. The quantitative estimate of drug-likeness (QED) is 0.554. The van der Waals surface area contributed by atoms with Gasteiger partial charge < -0.3 is 14.5 Å². The Morgan fingerprint density at radius 2 is 1.86 bits per heavy atom. The Bertz CT molecular complexity index is 1280. The van der Waals surface area contributed by atoms with E-state index in [0.717, 1.165) is 22.0 Å². The van der Waals surface area contributed by atoms with Crippen LogP contribution in [0.3, 0.4) is 0 Å². The summed E-state index contributed by atoms with van der Waals surface area (Å²) in [7, 11) is 3.15. The zero-order chi connectivity index (χ0) is 19.8. The first-order valence-electron chi connectivity index (χ1n) is 8.80. The lowest BCUT2D eigenvalue weighted by atomic mass is 10.1. The van der Waals surface area contributed by atoms with Crippen molar-refractivity contribution in [2.24, 2.45) is 5.10 Å². The summed E-state index contributed by atoms with van der Waals surface area (Å²) in [5, 5.41) is 5.28. The van der Waals surface area contributed by atoms with Crippen molar-refractivity contribution in [3.8, 4) is 11.5 Å². The van der Waals surface area contributed by atoms with Gasteiger partial charge in [-0.3, -0.25) is 4.79 Å². The maximum absolute atomic E-state index is 13.0. The van der Waals surface area contributed by atoms with Gasteiger partial charge in [0.25, 0.3) is 5.56 Å². The number of fused-ring (bicyclic) bond motifs is 3. The van der Waals surface area contributed by atoms with E-state index in [1.54, 1.807) is 39.5 Å². The predicted molar refractivity (Wildman–Crippen MR) is 110 cm³/mol. The molecule has 0 radical (unpaired) electrons. The Balaban J connectivity index is 1.82. The topological polar surface area (TPSA) is 81.5 Å². The molecule has 0 aliphatic heterocycles. The second-order valence-electron chi connectivity index (χ2n) is 6.53. The van der Waals surface area contributed by atoms with Gasteiger partial charge in [0.2, 0.25) is 0 Å². The Morgan fingerprint density at radius 1 is 1.07 bits per heavy atom. The number of aryl methyl sites for hydroxylation is 2. The Morgan fingerprint density at radius 3 is 2.61 bits per heavy atom. The molecule has 0 saturated heterocycles. The molecule has 0 spiro atoms. The molecule has 0 aliphatic carbocycles. The molecule has 0 saturated carbocycles. The monoisotopic (exact) mass is 376 g/mol. The largest absolute Gasteiger partial charge is 0.493 e. The first-order valence-corrected chi connectivity index (χ1v) is 8.80. The minimum atomic E-state index is -0.243. The summed E-state index contributed by atoms with van der Waals surface area (Å²) in [6, 6.07) is 11.4. The number of ether oxygens (including phenoxy) is 2.